The number of furan rings is 1. The summed E-state index contributed by atoms with van der Waals surface area (Å²) in [7, 11) is 0. The number of alkyl halides is 1. The molecule has 0 fully saturated rings. The lowest BCUT2D eigenvalue weighted by molar-refractivity contribution is 0.561. The van der Waals surface area contributed by atoms with Gasteiger partial charge >= 0.3 is 5.63 Å². The smallest absolute Gasteiger partial charge is 0.336 e. The minimum Gasteiger partial charge on any atom is -0.460 e. The first kappa shape index (κ1) is 10.6. The van der Waals surface area contributed by atoms with E-state index in [2.05, 4.69) is 15.9 Å². The standard InChI is InChI=1S/C13H9BrO3/c1-7-4-12(15)17-13-9(7)2-3-11-10(13)5-8(6-14)16-11/h2-5H,6H2,1H3. The molecule has 0 N–H and O–H groups in total. The van der Waals surface area contributed by atoms with Crippen molar-refractivity contribution >= 4 is 37.9 Å². The molecule has 4 heteroatoms. The lowest BCUT2D eigenvalue weighted by atomic mass is 10.1. The largest absolute Gasteiger partial charge is 0.460 e. The van der Waals surface area contributed by atoms with Crippen molar-refractivity contribution in [1.82, 2.24) is 0 Å². The maximum atomic E-state index is 11.4. The number of hydrogen-bond acceptors (Lipinski definition) is 3. The first-order valence-electron chi connectivity index (χ1n) is 5.21. The number of fused-ring (bicyclic) bond motifs is 3. The summed E-state index contributed by atoms with van der Waals surface area (Å²) in [5.74, 6) is 0.816. The summed E-state index contributed by atoms with van der Waals surface area (Å²) in [5.41, 5.74) is 1.92. The van der Waals surface area contributed by atoms with Crippen molar-refractivity contribution in [3.63, 3.8) is 0 Å². The van der Waals surface area contributed by atoms with Crippen LogP contribution in [0.4, 0.5) is 0 Å². The Bertz CT molecular complexity index is 767. The summed E-state index contributed by atoms with van der Waals surface area (Å²) in [6, 6.07) is 7.21. The fourth-order valence-electron chi connectivity index (χ4n) is 2.01. The van der Waals surface area contributed by atoms with Crippen molar-refractivity contribution in [2.24, 2.45) is 0 Å². The second-order valence-corrected chi connectivity index (χ2v) is 4.51. The minimum atomic E-state index is -0.330. The van der Waals surface area contributed by atoms with Crippen LogP contribution in [-0.2, 0) is 5.33 Å². The predicted octanol–water partition coefficient (Wildman–Crippen LogP) is 3.74. The maximum absolute atomic E-state index is 11.4. The van der Waals surface area contributed by atoms with Crippen LogP contribution in [0.2, 0.25) is 0 Å². The van der Waals surface area contributed by atoms with E-state index in [-0.39, 0.29) is 5.63 Å². The molecule has 17 heavy (non-hydrogen) atoms. The number of halogens is 1. The zero-order chi connectivity index (χ0) is 12.0. The monoisotopic (exact) mass is 292 g/mol. The fourth-order valence-corrected chi connectivity index (χ4v) is 2.29. The van der Waals surface area contributed by atoms with Gasteiger partial charge in [0.1, 0.15) is 16.9 Å². The van der Waals surface area contributed by atoms with E-state index in [1.165, 1.54) is 6.07 Å². The van der Waals surface area contributed by atoms with Crippen molar-refractivity contribution in [3.05, 3.63) is 46.0 Å². The molecule has 0 aliphatic carbocycles. The van der Waals surface area contributed by atoms with Gasteiger partial charge in [-0.05, 0) is 30.7 Å². The molecule has 3 rings (SSSR count). The highest BCUT2D eigenvalue weighted by molar-refractivity contribution is 9.08. The molecule has 86 valence electrons. The molecule has 1 aromatic carbocycles. The molecule has 0 spiro atoms. The van der Waals surface area contributed by atoms with Gasteiger partial charge < -0.3 is 8.83 Å². The van der Waals surface area contributed by atoms with Crippen LogP contribution in [0.1, 0.15) is 11.3 Å². The Morgan fingerprint density at radius 3 is 2.76 bits per heavy atom. The second-order valence-electron chi connectivity index (χ2n) is 3.95. The summed E-state index contributed by atoms with van der Waals surface area (Å²) in [5, 5.41) is 2.43. The lowest BCUT2D eigenvalue weighted by Crippen LogP contribution is -1.97. The molecule has 0 saturated heterocycles. The Morgan fingerprint density at radius 1 is 1.18 bits per heavy atom. The van der Waals surface area contributed by atoms with E-state index >= 15 is 0 Å². The zero-order valence-corrected chi connectivity index (χ0v) is 10.7. The predicted molar refractivity (Wildman–Crippen MR) is 69.6 cm³/mol. The molecule has 2 heterocycles. The van der Waals surface area contributed by atoms with Crippen LogP contribution in [0.25, 0.3) is 21.9 Å². The van der Waals surface area contributed by atoms with Gasteiger partial charge in [-0.15, -0.1) is 0 Å². The Balaban J connectivity index is 2.53. The van der Waals surface area contributed by atoms with Crippen molar-refractivity contribution < 1.29 is 8.83 Å². The number of benzene rings is 1. The SMILES string of the molecule is Cc1cc(=O)oc2c1ccc1oc(CBr)cc12. The van der Waals surface area contributed by atoms with Crippen LogP contribution in [0.15, 0.2) is 37.9 Å². The molecular weight excluding hydrogens is 284 g/mol. The van der Waals surface area contributed by atoms with E-state index in [4.69, 9.17) is 8.83 Å². The first-order chi connectivity index (χ1) is 8.19. The van der Waals surface area contributed by atoms with Crippen LogP contribution in [0, 0.1) is 6.92 Å². The third-order valence-electron chi connectivity index (χ3n) is 2.80. The highest BCUT2D eigenvalue weighted by Gasteiger charge is 2.10. The Morgan fingerprint density at radius 2 is 2.00 bits per heavy atom. The summed E-state index contributed by atoms with van der Waals surface area (Å²) in [6.45, 7) is 1.90. The number of aryl methyl sites for hydroxylation is 1. The van der Waals surface area contributed by atoms with Crippen molar-refractivity contribution in [2.45, 2.75) is 12.3 Å². The van der Waals surface area contributed by atoms with Gasteiger partial charge in [-0.1, -0.05) is 15.9 Å². The van der Waals surface area contributed by atoms with E-state index in [0.717, 1.165) is 27.7 Å². The minimum absolute atomic E-state index is 0.330. The Kier molecular flexibility index (Phi) is 2.33. The topological polar surface area (TPSA) is 43.4 Å². The number of hydrogen-bond donors (Lipinski definition) is 0. The Labute approximate surface area is 105 Å². The summed E-state index contributed by atoms with van der Waals surface area (Å²) in [6.07, 6.45) is 0. The molecule has 3 nitrogen and oxygen atoms in total. The van der Waals surface area contributed by atoms with Gasteiger partial charge in [0.2, 0.25) is 0 Å². The molecule has 0 unspecified atom stereocenters. The van der Waals surface area contributed by atoms with Gasteiger partial charge in [0.05, 0.1) is 10.7 Å². The molecular formula is C13H9BrO3. The number of rotatable bonds is 1. The van der Waals surface area contributed by atoms with Crippen LogP contribution in [0.5, 0.6) is 0 Å². The molecule has 0 saturated carbocycles. The van der Waals surface area contributed by atoms with E-state index in [1.54, 1.807) is 0 Å². The van der Waals surface area contributed by atoms with Crippen LogP contribution in [-0.4, -0.2) is 0 Å². The quantitative estimate of drug-likeness (QED) is 0.507. The fraction of sp³-hybridized carbons (Fsp3) is 0.154. The van der Waals surface area contributed by atoms with Gasteiger partial charge in [0, 0.05) is 11.5 Å². The van der Waals surface area contributed by atoms with Crippen molar-refractivity contribution in [2.75, 3.05) is 0 Å². The molecule has 0 aliphatic heterocycles. The highest BCUT2D eigenvalue weighted by Crippen LogP contribution is 2.29. The maximum Gasteiger partial charge on any atom is 0.336 e. The normalized spacial score (nSPS) is 11.4. The summed E-state index contributed by atoms with van der Waals surface area (Å²) < 4.78 is 10.9. The molecule has 0 atom stereocenters. The van der Waals surface area contributed by atoms with E-state index in [9.17, 15) is 4.79 Å². The van der Waals surface area contributed by atoms with E-state index in [0.29, 0.717) is 10.9 Å². The van der Waals surface area contributed by atoms with Gasteiger partial charge in [0.15, 0.2) is 0 Å². The highest BCUT2D eigenvalue weighted by atomic mass is 79.9. The lowest BCUT2D eigenvalue weighted by Gasteiger charge is -1.99. The molecule has 0 aliphatic rings. The zero-order valence-electron chi connectivity index (χ0n) is 9.12. The summed E-state index contributed by atoms with van der Waals surface area (Å²) >= 11 is 3.34. The van der Waals surface area contributed by atoms with E-state index < -0.39 is 0 Å². The molecule has 0 radical (unpaired) electrons. The third-order valence-corrected chi connectivity index (χ3v) is 3.35. The molecule has 2 aromatic heterocycles. The Hall–Kier alpha value is -1.55. The van der Waals surface area contributed by atoms with Crippen molar-refractivity contribution in [1.29, 1.82) is 0 Å². The van der Waals surface area contributed by atoms with Gasteiger partial charge in [-0.2, -0.15) is 0 Å². The third kappa shape index (κ3) is 1.60. The molecule has 0 bridgehead atoms. The van der Waals surface area contributed by atoms with Crippen LogP contribution in [0.3, 0.4) is 0 Å². The van der Waals surface area contributed by atoms with Gasteiger partial charge in [-0.3, -0.25) is 0 Å². The first-order valence-corrected chi connectivity index (χ1v) is 6.33. The van der Waals surface area contributed by atoms with E-state index in [1.807, 2.05) is 25.1 Å². The molecule has 0 amide bonds. The van der Waals surface area contributed by atoms with Gasteiger partial charge in [-0.25, -0.2) is 4.79 Å². The second kappa shape index (κ2) is 3.74. The van der Waals surface area contributed by atoms with Crippen LogP contribution >= 0.6 is 15.9 Å². The van der Waals surface area contributed by atoms with Crippen molar-refractivity contribution in [3.8, 4) is 0 Å². The average molecular weight is 293 g/mol. The summed E-state index contributed by atoms with van der Waals surface area (Å²) in [4.78, 5) is 11.4. The average Bonchev–Trinajstić information content (AvgIpc) is 2.72. The molecule has 3 aromatic rings. The van der Waals surface area contributed by atoms with Gasteiger partial charge in [0.25, 0.3) is 0 Å². The van der Waals surface area contributed by atoms with Crippen LogP contribution < -0.4 is 5.63 Å².